The number of fused-ring (bicyclic) bond motifs is 1. The monoisotopic (exact) mass is 441 g/mol. The van der Waals surface area contributed by atoms with E-state index >= 15 is 0 Å². The van der Waals surface area contributed by atoms with Crippen molar-refractivity contribution in [1.82, 2.24) is 9.80 Å². The number of hydrogen-bond donors (Lipinski definition) is 0. The Morgan fingerprint density at radius 2 is 1.45 bits per heavy atom. The van der Waals surface area contributed by atoms with Crippen molar-refractivity contribution in [3.05, 3.63) is 101 Å². The molecule has 1 saturated heterocycles. The molecule has 3 aromatic rings. The van der Waals surface area contributed by atoms with Crippen molar-refractivity contribution in [3.8, 4) is 0 Å². The molecule has 2 aliphatic rings. The highest BCUT2D eigenvalue weighted by Crippen LogP contribution is 2.31. The zero-order valence-corrected chi connectivity index (χ0v) is 18.1. The van der Waals surface area contributed by atoms with Crippen molar-refractivity contribution >= 4 is 23.6 Å². The maximum Gasteiger partial charge on any atom is 0.239 e. The second-order valence-electron chi connectivity index (χ2n) is 8.34. The van der Waals surface area contributed by atoms with Crippen LogP contribution in [0.5, 0.6) is 0 Å². The third-order valence-corrected chi connectivity index (χ3v) is 6.38. The summed E-state index contributed by atoms with van der Waals surface area (Å²) in [7, 11) is 0. The SMILES string of the molecule is O=C1c2cccc(F)c2N=CC1C(=O)N1CCN(C(c2ccccc2)c2ccccc2)CC1. The summed E-state index contributed by atoms with van der Waals surface area (Å²) >= 11 is 0. The van der Waals surface area contributed by atoms with Gasteiger partial charge in [0.15, 0.2) is 5.78 Å². The van der Waals surface area contributed by atoms with E-state index in [4.69, 9.17) is 0 Å². The van der Waals surface area contributed by atoms with Gasteiger partial charge in [-0.05, 0) is 23.3 Å². The van der Waals surface area contributed by atoms with Gasteiger partial charge in [-0.25, -0.2) is 4.39 Å². The van der Waals surface area contributed by atoms with Gasteiger partial charge >= 0.3 is 0 Å². The molecule has 0 aliphatic carbocycles. The average molecular weight is 442 g/mol. The molecule has 0 radical (unpaired) electrons. The fourth-order valence-electron chi connectivity index (χ4n) is 4.69. The molecular formula is C27H24FN3O2. The van der Waals surface area contributed by atoms with E-state index in [1.807, 2.05) is 36.4 Å². The first-order valence-electron chi connectivity index (χ1n) is 11.1. The smallest absolute Gasteiger partial charge is 0.239 e. The van der Waals surface area contributed by atoms with Crippen LogP contribution < -0.4 is 0 Å². The van der Waals surface area contributed by atoms with Crippen molar-refractivity contribution in [2.45, 2.75) is 6.04 Å². The van der Waals surface area contributed by atoms with Crippen molar-refractivity contribution in [1.29, 1.82) is 0 Å². The normalized spacial score (nSPS) is 18.4. The van der Waals surface area contributed by atoms with Crippen LogP contribution in [0.15, 0.2) is 83.9 Å². The minimum absolute atomic E-state index is 0.0185. The summed E-state index contributed by atoms with van der Waals surface area (Å²) in [6, 6.07) is 25.1. The van der Waals surface area contributed by atoms with E-state index < -0.39 is 17.5 Å². The van der Waals surface area contributed by atoms with Crippen LogP contribution in [0.3, 0.4) is 0 Å². The lowest BCUT2D eigenvalue weighted by molar-refractivity contribution is -0.134. The second-order valence-corrected chi connectivity index (χ2v) is 8.34. The number of halogens is 1. The number of amides is 1. The average Bonchev–Trinajstić information content (AvgIpc) is 2.86. The number of hydrogen-bond acceptors (Lipinski definition) is 4. The molecule has 1 atom stereocenters. The minimum atomic E-state index is -0.995. The summed E-state index contributed by atoms with van der Waals surface area (Å²) in [4.78, 5) is 34.2. The number of carbonyl (C=O) groups excluding carboxylic acids is 2. The lowest BCUT2D eigenvalue weighted by Gasteiger charge is -2.40. The van der Waals surface area contributed by atoms with E-state index in [2.05, 4.69) is 34.2 Å². The van der Waals surface area contributed by atoms with E-state index in [9.17, 15) is 14.0 Å². The Morgan fingerprint density at radius 3 is 2.06 bits per heavy atom. The lowest BCUT2D eigenvalue weighted by atomic mass is 9.92. The van der Waals surface area contributed by atoms with Gasteiger partial charge in [0.2, 0.25) is 5.91 Å². The molecule has 0 bridgehead atoms. The van der Waals surface area contributed by atoms with Crippen LogP contribution in [0.4, 0.5) is 10.1 Å². The first kappa shape index (κ1) is 21.2. The van der Waals surface area contributed by atoms with Gasteiger partial charge in [0.25, 0.3) is 0 Å². The zero-order chi connectivity index (χ0) is 22.8. The van der Waals surface area contributed by atoms with Crippen molar-refractivity contribution in [2.75, 3.05) is 26.2 Å². The summed E-state index contributed by atoms with van der Waals surface area (Å²) in [6.07, 6.45) is 1.29. The Bertz CT molecular complexity index is 1150. The van der Waals surface area contributed by atoms with Crippen LogP contribution in [-0.4, -0.2) is 53.9 Å². The predicted molar refractivity (Wildman–Crippen MR) is 125 cm³/mol. The number of para-hydroxylation sites is 1. The van der Waals surface area contributed by atoms with Gasteiger partial charge in [-0.2, -0.15) is 0 Å². The summed E-state index contributed by atoms with van der Waals surface area (Å²) in [5.41, 5.74) is 2.60. The highest BCUT2D eigenvalue weighted by Gasteiger charge is 2.36. The number of ketones is 1. The Labute approximate surface area is 192 Å². The van der Waals surface area contributed by atoms with E-state index in [0.717, 1.165) is 0 Å². The van der Waals surface area contributed by atoms with Gasteiger partial charge in [0, 0.05) is 38.0 Å². The Kier molecular flexibility index (Phi) is 5.84. The van der Waals surface area contributed by atoms with Gasteiger partial charge in [-0.3, -0.25) is 19.5 Å². The minimum Gasteiger partial charge on any atom is -0.339 e. The largest absolute Gasteiger partial charge is 0.339 e. The molecular weight excluding hydrogens is 417 g/mol. The fraction of sp³-hybridized carbons (Fsp3) is 0.222. The van der Waals surface area contributed by atoms with Crippen LogP contribution in [-0.2, 0) is 4.79 Å². The molecule has 1 unspecified atom stereocenters. The molecule has 0 saturated carbocycles. The maximum absolute atomic E-state index is 14.0. The van der Waals surface area contributed by atoms with Crippen molar-refractivity contribution < 1.29 is 14.0 Å². The number of Topliss-reactive ketones (excluding diaryl/α,β-unsaturated/α-hetero) is 1. The quantitative estimate of drug-likeness (QED) is 0.568. The van der Waals surface area contributed by atoms with Gasteiger partial charge in [0.05, 0.1) is 6.04 Å². The molecule has 0 N–H and O–H groups in total. The third-order valence-electron chi connectivity index (χ3n) is 6.38. The highest BCUT2D eigenvalue weighted by molar-refractivity contribution is 6.23. The van der Waals surface area contributed by atoms with Gasteiger partial charge in [-0.1, -0.05) is 66.7 Å². The third kappa shape index (κ3) is 4.10. The highest BCUT2D eigenvalue weighted by atomic mass is 19.1. The molecule has 1 amide bonds. The van der Waals surface area contributed by atoms with Crippen LogP contribution >= 0.6 is 0 Å². The Morgan fingerprint density at radius 1 is 0.848 bits per heavy atom. The van der Waals surface area contributed by atoms with Crippen LogP contribution in [0.1, 0.15) is 27.5 Å². The predicted octanol–water partition coefficient (Wildman–Crippen LogP) is 4.27. The number of rotatable bonds is 4. The molecule has 0 aromatic heterocycles. The number of carbonyl (C=O) groups is 2. The fourth-order valence-corrected chi connectivity index (χ4v) is 4.69. The molecule has 1 fully saturated rings. The maximum atomic E-state index is 14.0. The number of benzene rings is 3. The van der Waals surface area contributed by atoms with Gasteiger partial charge in [0.1, 0.15) is 17.4 Å². The van der Waals surface area contributed by atoms with Crippen LogP contribution in [0, 0.1) is 11.7 Å². The Balaban J connectivity index is 1.31. The molecule has 6 heteroatoms. The molecule has 2 aliphatic heterocycles. The van der Waals surface area contributed by atoms with Gasteiger partial charge < -0.3 is 4.90 Å². The zero-order valence-electron chi connectivity index (χ0n) is 18.1. The van der Waals surface area contributed by atoms with E-state index in [1.54, 1.807) is 4.90 Å². The lowest BCUT2D eigenvalue weighted by Crippen LogP contribution is -2.52. The summed E-state index contributed by atoms with van der Waals surface area (Å²) in [5.74, 6) is -2.21. The first-order chi connectivity index (χ1) is 16.1. The molecule has 33 heavy (non-hydrogen) atoms. The molecule has 3 aromatic carbocycles. The molecule has 166 valence electrons. The van der Waals surface area contributed by atoms with E-state index in [0.29, 0.717) is 26.2 Å². The van der Waals surface area contributed by atoms with Crippen LogP contribution in [0.25, 0.3) is 0 Å². The molecule has 0 spiro atoms. The van der Waals surface area contributed by atoms with E-state index in [1.165, 1.54) is 35.5 Å². The summed E-state index contributed by atoms with van der Waals surface area (Å²) in [5, 5.41) is 0. The Hall–Kier alpha value is -3.64. The van der Waals surface area contributed by atoms with Crippen molar-refractivity contribution in [3.63, 3.8) is 0 Å². The molecule has 5 rings (SSSR count). The summed E-state index contributed by atoms with van der Waals surface area (Å²) in [6.45, 7) is 2.40. The standard InChI is InChI=1S/C27H24FN3O2/c28-23-13-7-12-21-24(23)29-18-22(26(21)32)27(33)31-16-14-30(15-17-31)25(19-8-3-1-4-9-19)20-10-5-2-6-11-20/h1-13,18,22,25H,14-17H2. The van der Waals surface area contributed by atoms with Gasteiger partial charge in [-0.15, -0.1) is 0 Å². The number of aliphatic imine (C=N–C) groups is 1. The second kappa shape index (κ2) is 9.08. The molecule has 5 nitrogen and oxygen atoms in total. The van der Waals surface area contributed by atoms with Crippen LogP contribution in [0.2, 0.25) is 0 Å². The van der Waals surface area contributed by atoms with E-state index in [-0.39, 0.29) is 23.2 Å². The number of piperazine rings is 1. The molecule has 2 heterocycles. The van der Waals surface area contributed by atoms with Crippen molar-refractivity contribution in [2.24, 2.45) is 10.9 Å². The number of nitrogens with zero attached hydrogens (tertiary/aromatic N) is 3. The summed E-state index contributed by atoms with van der Waals surface area (Å²) < 4.78 is 14.0. The first-order valence-corrected chi connectivity index (χ1v) is 11.1. The topological polar surface area (TPSA) is 53.0 Å².